The Kier molecular flexibility index (Phi) is 8.96. The Morgan fingerprint density at radius 1 is 1.27 bits per heavy atom. The lowest BCUT2D eigenvalue weighted by atomic mass is 9.82. The van der Waals surface area contributed by atoms with Gasteiger partial charge < -0.3 is 20.7 Å². The lowest BCUT2D eigenvalue weighted by molar-refractivity contribution is -0.145. The molecule has 0 saturated carbocycles. The normalized spacial score (nSPS) is 15.6. The number of ether oxygens (including phenoxy) is 1. The van der Waals surface area contributed by atoms with Gasteiger partial charge in [-0.25, -0.2) is 4.39 Å². The predicted octanol–water partition coefficient (Wildman–Crippen LogP) is 2.84. The molecular formula is C24H35FN4O4. The molecule has 1 aliphatic heterocycles. The molecule has 0 aliphatic carbocycles. The van der Waals surface area contributed by atoms with E-state index >= 15 is 0 Å². The molecule has 1 saturated heterocycles. The topological polar surface area (TPSA) is 126 Å². The Morgan fingerprint density at radius 2 is 1.91 bits per heavy atom. The number of amidine groups is 1. The van der Waals surface area contributed by atoms with Crippen LogP contribution in [0.5, 0.6) is 0 Å². The van der Waals surface area contributed by atoms with Crippen LogP contribution in [0.3, 0.4) is 0 Å². The maximum atomic E-state index is 14.4. The van der Waals surface area contributed by atoms with E-state index in [9.17, 15) is 18.8 Å². The molecule has 4 N–H and O–H groups in total. The largest absolute Gasteiger partial charge is 0.466 e. The number of nitrogens with one attached hydrogen (secondary N) is 2. The van der Waals surface area contributed by atoms with Crippen molar-refractivity contribution in [1.82, 2.24) is 10.2 Å². The summed E-state index contributed by atoms with van der Waals surface area (Å²) >= 11 is 0. The van der Waals surface area contributed by atoms with Gasteiger partial charge >= 0.3 is 5.97 Å². The van der Waals surface area contributed by atoms with Crippen molar-refractivity contribution in [2.75, 3.05) is 19.7 Å². The van der Waals surface area contributed by atoms with Gasteiger partial charge in [0.25, 0.3) is 5.91 Å². The van der Waals surface area contributed by atoms with Gasteiger partial charge in [-0.05, 0) is 58.1 Å². The van der Waals surface area contributed by atoms with Gasteiger partial charge in [0.2, 0.25) is 5.91 Å². The number of nitrogen functional groups attached to an aromatic ring is 1. The molecular weight excluding hydrogens is 427 g/mol. The molecule has 9 heteroatoms. The molecule has 1 heterocycles. The van der Waals surface area contributed by atoms with E-state index in [-0.39, 0.29) is 34.8 Å². The first-order valence-electron chi connectivity index (χ1n) is 11.4. The molecule has 182 valence electrons. The summed E-state index contributed by atoms with van der Waals surface area (Å²) in [6.45, 7) is 8.63. The fraction of sp³-hybridized carbons (Fsp3) is 0.583. The fourth-order valence-electron chi connectivity index (χ4n) is 4.34. The predicted molar refractivity (Wildman–Crippen MR) is 123 cm³/mol. The van der Waals surface area contributed by atoms with Gasteiger partial charge in [-0.3, -0.25) is 19.8 Å². The van der Waals surface area contributed by atoms with E-state index in [2.05, 4.69) is 5.32 Å². The second-order valence-corrected chi connectivity index (χ2v) is 9.02. The van der Waals surface area contributed by atoms with Crippen molar-refractivity contribution < 1.29 is 23.5 Å². The van der Waals surface area contributed by atoms with Crippen molar-refractivity contribution in [1.29, 1.82) is 5.41 Å². The molecule has 1 unspecified atom stereocenters. The minimum atomic E-state index is -0.920. The zero-order valence-corrected chi connectivity index (χ0v) is 19.9. The minimum absolute atomic E-state index is 0.0650. The third-order valence-corrected chi connectivity index (χ3v) is 6.22. The van der Waals surface area contributed by atoms with Gasteiger partial charge in [0, 0.05) is 30.6 Å². The third kappa shape index (κ3) is 6.76. The van der Waals surface area contributed by atoms with Crippen molar-refractivity contribution in [3.8, 4) is 0 Å². The Bertz CT molecular complexity index is 894. The summed E-state index contributed by atoms with van der Waals surface area (Å²) in [6.07, 6.45) is 2.31. The van der Waals surface area contributed by atoms with Crippen LogP contribution in [-0.4, -0.2) is 53.8 Å². The Hall–Kier alpha value is -2.97. The number of rotatable bonds is 9. The fourth-order valence-corrected chi connectivity index (χ4v) is 4.34. The molecule has 0 bridgehead atoms. The van der Waals surface area contributed by atoms with E-state index in [1.54, 1.807) is 25.7 Å². The zero-order valence-electron chi connectivity index (χ0n) is 19.9. The molecule has 1 aromatic carbocycles. The van der Waals surface area contributed by atoms with Crippen LogP contribution in [0, 0.1) is 23.1 Å². The maximum absolute atomic E-state index is 14.4. The van der Waals surface area contributed by atoms with Crippen molar-refractivity contribution in [2.24, 2.45) is 17.6 Å². The lowest BCUT2D eigenvalue weighted by Gasteiger charge is -2.39. The highest BCUT2D eigenvalue weighted by Gasteiger charge is 2.39. The van der Waals surface area contributed by atoms with Gasteiger partial charge in [0.05, 0.1) is 18.1 Å². The number of piperidine rings is 1. The average molecular weight is 463 g/mol. The van der Waals surface area contributed by atoms with E-state index < -0.39 is 23.2 Å². The van der Waals surface area contributed by atoms with Gasteiger partial charge in [-0.2, -0.15) is 0 Å². The van der Waals surface area contributed by atoms with Gasteiger partial charge in [0.1, 0.15) is 11.7 Å². The highest BCUT2D eigenvalue weighted by atomic mass is 19.1. The lowest BCUT2D eigenvalue weighted by Crippen LogP contribution is -2.55. The number of carbonyl (C=O) groups excluding carboxylic acids is 3. The summed E-state index contributed by atoms with van der Waals surface area (Å²) in [6, 6.07) is 3.75. The average Bonchev–Trinajstić information content (AvgIpc) is 2.74. The van der Waals surface area contributed by atoms with E-state index in [1.165, 1.54) is 12.1 Å². The van der Waals surface area contributed by atoms with E-state index in [0.717, 1.165) is 18.9 Å². The van der Waals surface area contributed by atoms with Crippen LogP contribution in [0.25, 0.3) is 0 Å². The number of hydrogen-bond acceptors (Lipinski definition) is 5. The van der Waals surface area contributed by atoms with E-state index in [1.807, 2.05) is 6.92 Å². The molecule has 2 amide bonds. The molecule has 0 spiro atoms. The van der Waals surface area contributed by atoms with Crippen LogP contribution in [0.1, 0.15) is 69.3 Å². The van der Waals surface area contributed by atoms with Crippen LogP contribution < -0.4 is 11.1 Å². The first-order valence-corrected chi connectivity index (χ1v) is 11.4. The van der Waals surface area contributed by atoms with Crippen LogP contribution in [-0.2, 0) is 14.3 Å². The van der Waals surface area contributed by atoms with E-state index in [4.69, 9.17) is 15.9 Å². The van der Waals surface area contributed by atoms with Crippen molar-refractivity contribution >= 4 is 23.6 Å². The standard InChI is InChI=1S/C24H35FN4O4/c1-5-18(23(32)29-11-9-15(10-12-29)13-20(30)33-6-2)24(3,4)28-22(31)17-8-7-16(21(26)27)14-19(17)25/h7-8,14-15,18H,5-6,9-13H2,1-4H3,(H3,26,27)(H,28,31). The number of nitrogens with two attached hydrogens (primary N) is 1. The highest BCUT2D eigenvalue weighted by molar-refractivity contribution is 5.98. The van der Waals surface area contributed by atoms with Crippen LogP contribution in [0.2, 0.25) is 0 Å². The van der Waals surface area contributed by atoms with Crippen molar-refractivity contribution in [3.05, 3.63) is 35.1 Å². The number of likely N-dealkylation sites (tertiary alicyclic amines) is 1. The number of carbonyl (C=O) groups is 3. The Balaban J connectivity index is 2.03. The number of benzene rings is 1. The second kappa shape index (κ2) is 11.2. The zero-order chi connectivity index (χ0) is 24.8. The highest BCUT2D eigenvalue weighted by Crippen LogP contribution is 2.28. The minimum Gasteiger partial charge on any atom is -0.466 e. The summed E-state index contributed by atoms with van der Waals surface area (Å²) in [5.74, 6) is -2.27. The van der Waals surface area contributed by atoms with Gasteiger partial charge in [-0.15, -0.1) is 0 Å². The second-order valence-electron chi connectivity index (χ2n) is 9.02. The molecule has 1 atom stereocenters. The molecule has 33 heavy (non-hydrogen) atoms. The van der Waals surface area contributed by atoms with Gasteiger partial charge in [0.15, 0.2) is 0 Å². The molecule has 0 radical (unpaired) electrons. The molecule has 1 aromatic rings. The van der Waals surface area contributed by atoms with Crippen molar-refractivity contribution in [3.63, 3.8) is 0 Å². The number of hydrogen-bond donors (Lipinski definition) is 3. The maximum Gasteiger partial charge on any atom is 0.306 e. The SMILES string of the molecule is CCOC(=O)CC1CCN(C(=O)C(CC)C(C)(C)NC(=O)c2ccc(C(=N)N)cc2F)CC1. The first-order chi connectivity index (χ1) is 15.5. The van der Waals surface area contributed by atoms with Gasteiger partial charge in [-0.1, -0.05) is 13.0 Å². The Labute approximate surface area is 194 Å². The number of nitrogens with zero attached hydrogens (tertiary/aromatic N) is 1. The number of esters is 1. The van der Waals surface area contributed by atoms with E-state index in [0.29, 0.717) is 32.5 Å². The van der Waals surface area contributed by atoms with Crippen LogP contribution in [0.4, 0.5) is 4.39 Å². The number of amides is 2. The quantitative estimate of drug-likeness (QED) is 0.296. The summed E-state index contributed by atoms with van der Waals surface area (Å²) in [4.78, 5) is 39.6. The summed E-state index contributed by atoms with van der Waals surface area (Å²) in [5, 5.41) is 10.2. The van der Waals surface area contributed by atoms with Crippen LogP contribution >= 0.6 is 0 Å². The number of halogens is 1. The molecule has 1 fully saturated rings. The Morgan fingerprint density at radius 3 is 2.42 bits per heavy atom. The molecule has 0 aromatic heterocycles. The summed E-state index contributed by atoms with van der Waals surface area (Å²) in [5.41, 5.74) is 4.47. The third-order valence-electron chi connectivity index (χ3n) is 6.22. The molecule has 8 nitrogen and oxygen atoms in total. The first kappa shape index (κ1) is 26.3. The van der Waals surface area contributed by atoms with Crippen LogP contribution in [0.15, 0.2) is 18.2 Å². The smallest absolute Gasteiger partial charge is 0.306 e. The van der Waals surface area contributed by atoms with Crippen molar-refractivity contribution in [2.45, 2.75) is 58.9 Å². The summed E-state index contributed by atoms with van der Waals surface area (Å²) in [7, 11) is 0. The molecule has 2 rings (SSSR count). The molecule has 1 aliphatic rings. The summed E-state index contributed by atoms with van der Waals surface area (Å²) < 4.78 is 19.4. The monoisotopic (exact) mass is 462 g/mol.